The monoisotopic (exact) mass is 427 g/mol. The maximum atomic E-state index is 13.0. The molecule has 3 aromatic rings. The van der Waals surface area contributed by atoms with Gasteiger partial charge in [0.05, 0.1) is 31.0 Å². The van der Waals surface area contributed by atoms with Crippen LogP contribution in [-0.2, 0) is 0 Å². The second-order valence-electron chi connectivity index (χ2n) is 6.77. The maximum Gasteiger partial charge on any atom is 0.325 e. The van der Waals surface area contributed by atoms with E-state index in [9.17, 15) is 9.90 Å². The van der Waals surface area contributed by atoms with Crippen LogP contribution in [0, 0.1) is 0 Å². The van der Waals surface area contributed by atoms with Gasteiger partial charge in [-0.25, -0.2) is 0 Å². The average Bonchev–Trinajstić information content (AvgIpc) is 2.77. The van der Waals surface area contributed by atoms with E-state index in [0.717, 1.165) is 29.0 Å². The maximum absolute atomic E-state index is 13.0. The van der Waals surface area contributed by atoms with Crippen molar-refractivity contribution in [2.24, 2.45) is 0 Å². The van der Waals surface area contributed by atoms with Crippen molar-refractivity contribution in [2.45, 2.75) is 24.7 Å². The highest BCUT2D eigenvalue weighted by atomic mass is 32.2. The van der Waals surface area contributed by atoms with Crippen LogP contribution in [0.15, 0.2) is 46.3 Å². The molecule has 1 atom stereocenters. The van der Waals surface area contributed by atoms with E-state index in [1.54, 1.807) is 16.8 Å². The molecular formula is C21H23N4O4S+. The predicted octanol–water partition coefficient (Wildman–Crippen LogP) is 2.92. The van der Waals surface area contributed by atoms with Crippen LogP contribution >= 0.6 is 11.8 Å². The number of benzene rings is 2. The van der Waals surface area contributed by atoms with Gasteiger partial charge in [-0.1, -0.05) is 30.8 Å². The van der Waals surface area contributed by atoms with Gasteiger partial charge in [0.2, 0.25) is 10.9 Å². The highest BCUT2D eigenvalue weighted by Gasteiger charge is 2.38. The molecule has 0 unspecified atom stereocenters. The van der Waals surface area contributed by atoms with E-state index < -0.39 is 6.17 Å². The van der Waals surface area contributed by atoms with Crippen LogP contribution in [0.3, 0.4) is 0 Å². The molecule has 0 saturated heterocycles. The zero-order valence-electron chi connectivity index (χ0n) is 16.9. The summed E-state index contributed by atoms with van der Waals surface area (Å²) in [5.41, 5.74) is 2.57. The number of anilines is 1. The molecule has 0 fully saturated rings. The number of methoxy groups -OCH3 is 2. The Balaban J connectivity index is 1.94. The summed E-state index contributed by atoms with van der Waals surface area (Å²) >= 11 is 1.50. The van der Waals surface area contributed by atoms with Gasteiger partial charge in [0.15, 0.2) is 11.5 Å². The summed E-state index contributed by atoms with van der Waals surface area (Å²) in [6.07, 6.45) is 0.467. The summed E-state index contributed by atoms with van der Waals surface area (Å²) in [6, 6.07) is 11.0. The molecule has 2 heterocycles. The summed E-state index contributed by atoms with van der Waals surface area (Å²) in [5.74, 6) is 1.32. The van der Waals surface area contributed by atoms with Crippen LogP contribution in [0.25, 0.3) is 11.3 Å². The number of ether oxygens (including phenoxy) is 2. The molecule has 1 aliphatic rings. The molecule has 0 amide bonds. The van der Waals surface area contributed by atoms with Gasteiger partial charge in [0.1, 0.15) is 0 Å². The van der Waals surface area contributed by atoms with Crippen molar-refractivity contribution >= 4 is 17.4 Å². The number of phenolic OH excluding ortho intramolecular Hbond substituents is 1. The summed E-state index contributed by atoms with van der Waals surface area (Å²) in [5, 5.41) is 19.0. The number of aromatic nitrogens is 3. The fourth-order valence-corrected chi connectivity index (χ4v) is 4.16. The third-order valence-corrected chi connectivity index (χ3v) is 5.91. The fourth-order valence-electron chi connectivity index (χ4n) is 3.45. The lowest BCUT2D eigenvalue weighted by atomic mass is 10.0. The van der Waals surface area contributed by atoms with Crippen molar-refractivity contribution in [3.05, 3.63) is 52.3 Å². The molecule has 4 rings (SSSR count). The molecule has 0 bridgehead atoms. The first-order valence-corrected chi connectivity index (χ1v) is 10.6. The SMILES string of the molecule is CCCSc1n[n+]2c(c(=O)[nH]1)-c1ccccc1N[C@@H]2c1cc(OC)c(O)c(OC)c1. The minimum atomic E-state index is -0.499. The molecule has 0 aliphatic carbocycles. The normalized spacial score (nSPS) is 14.4. The van der Waals surface area contributed by atoms with Gasteiger partial charge < -0.3 is 19.9 Å². The second kappa shape index (κ2) is 8.27. The number of para-hydroxylation sites is 1. The number of hydrogen-bond acceptors (Lipinski definition) is 7. The Bertz CT molecular complexity index is 1120. The Kier molecular flexibility index (Phi) is 5.54. The van der Waals surface area contributed by atoms with Gasteiger partial charge in [-0.2, -0.15) is 0 Å². The number of aromatic hydroxyl groups is 1. The number of rotatable bonds is 6. The highest BCUT2D eigenvalue weighted by Crippen LogP contribution is 2.40. The van der Waals surface area contributed by atoms with Gasteiger partial charge in [0.25, 0.3) is 6.17 Å². The molecule has 9 heteroatoms. The number of thioether (sulfide) groups is 1. The van der Waals surface area contributed by atoms with E-state index in [0.29, 0.717) is 10.9 Å². The number of aromatic amines is 1. The zero-order chi connectivity index (χ0) is 21.3. The van der Waals surface area contributed by atoms with Crippen LogP contribution in [0.5, 0.6) is 17.2 Å². The highest BCUT2D eigenvalue weighted by molar-refractivity contribution is 7.99. The van der Waals surface area contributed by atoms with Crippen molar-refractivity contribution in [3.8, 4) is 28.5 Å². The largest absolute Gasteiger partial charge is 0.502 e. The minimum Gasteiger partial charge on any atom is -0.502 e. The van der Waals surface area contributed by atoms with Crippen molar-refractivity contribution in [2.75, 3.05) is 25.3 Å². The number of hydrogen-bond donors (Lipinski definition) is 3. The van der Waals surface area contributed by atoms with E-state index in [-0.39, 0.29) is 22.8 Å². The first-order valence-electron chi connectivity index (χ1n) is 9.57. The predicted molar refractivity (Wildman–Crippen MR) is 114 cm³/mol. The lowest BCUT2D eigenvalue weighted by Crippen LogP contribution is -2.55. The van der Waals surface area contributed by atoms with Crippen LogP contribution < -0.4 is 25.0 Å². The van der Waals surface area contributed by atoms with E-state index >= 15 is 0 Å². The smallest absolute Gasteiger partial charge is 0.325 e. The van der Waals surface area contributed by atoms with Crippen molar-refractivity contribution < 1.29 is 19.3 Å². The molecule has 0 spiro atoms. The average molecular weight is 428 g/mol. The molecule has 1 aliphatic heterocycles. The van der Waals surface area contributed by atoms with E-state index in [1.807, 2.05) is 24.3 Å². The molecule has 0 radical (unpaired) electrons. The standard InChI is InChI=1S/C21H22N4O4S/c1-4-9-30-21-23-20(27)17-13-7-5-6-8-14(13)22-19(25(17)24-21)12-10-15(28-2)18(26)16(11-12)29-3/h5-8,10-11,19H,4,9H2,1-3H3,(H2,23,24,26,27)/p+1/t19-/m0/s1. The molecule has 1 aromatic heterocycles. The number of fused-ring (bicyclic) bond motifs is 3. The van der Waals surface area contributed by atoms with Gasteiger partial charge in [-0.15, -0.1) is 0 Å². The lowest BCUT2D eigenvalue weighted by Gasteiger charge is -2.23. The van der Waals surface area contributed by atoms with E-state index in [1.165, 1.54) is 26.0 Å². The van der Waals surface area contributed by atoms with Gasteiger partial charge >= 0.3 is 11.3 Å². The van der Waals surface area contributed by atoms with Crippen molar-refractivity contribution in [1.82, 2.24) is 10.1 Å². The third kappa shape index (κ3) is 3.45. The number of H-pyrrole nitrogens is 1. The second-order valence-corrected chi connectivity index (χ2v) is 7.85. The summed E-state index contributed by atoms with van der Waals surface area (Å²) in [7, 11) is 2.96. The Labute approximate surface area is 177 Å². The molecule has 2 aromatic carbocycles. The van der Waals surface area contributed by atoms with Crippen molar-refractivity contribution in [3.63, 3.8) is 0 Å². The zero-order valence-corrected chi connectivity index (χ0v) is 17.7. The summed E-state index contributed by atoms with van der Waals surface area (Å²) < 4.78 is 12.3. The Morgan fingerprint density at radius 3 is 2.57 bits per heavy atom. The number of phenols is 1. The number of nitrogens with one attached hydrogen (secondary N) is 2. The number of nitrogens with zero attached hydrogens (tertiary/aromatic N) is 2. The quantitative estimate of drug-likeness (QED) is 0.411. The van der Waals surface area contributed by atoms with E-state index in [2.05, 4.69) is 17.2 Å². The third-order valence-electron chi connectivity index (χ3n) is 4.84. The summed E-state index contributed by atoms with van der Waals surface area (Å²) in [6.45, 7) is 2.08. The molecule has 8 nitrogen and oxygen atoms in total. The molecule has 30 heavy (non-hydrogen) atoms. The van der Waals surface area contributed by atoms with Crippen molar-refractivity contribution in [1.29, 1.82) is 0 Å². The molecular weight excluding hydrogens is 404 g/mol. The first kappa shape index (κ1) is 20.1. The van der Waals surface area contributed by atoms with E-state index in [4.69, 9.17) is 14.6 Å². The van der Waals surface area contributed by atoms with Crippen LogP contribution in [0.2, 0.25) is 0 Å². The Morgan fingerprint density at radius 2 is 1.90 bits per heavy atom. The minimum absolute atomic E-state index is 0.0803. The Hall–Kier alpha value is -3.20. The summed E-state index contributed by atoms with van der Waals surface area (Å²) in [4.78, 5) is 15.9. The molecule has 156 valence electrons. The van der Waals surface area contributed by atoms with Gasteiger partial charge in [0, 0.05) is 10.9 Å². The molecule has 3 N–H and O–H groups in total. The topological polar surface area (TPSA) is 100 Å². The van der Waals surface area contributed by atoms with Crippen LogP contribution in [-0.4, -0.2) is 35.2 Å². The fraction of sp³-hybridized carbons (Fsp3) is 0.286. The first-order chi connectivity index (χ1) is 14.6. The van der Waals surface area contributed by atoms with Gasteiger partial charge in [-0.3, -0.25) is 9.78 Å². The molecule has 0 saturated carbocycles. The lowest BCUT2D eigenvalue weighted by molar-refractivity contribution is -0.759. The Morgan fingerprint density at radius 1 is 1.20 bits per heavy atom. The van der Waals surface area contributed by atoms with Crippen LogP contribution in [0.4, 0.5) is 5.69 Å². The van der Waals surface area contributed by atoms with Gasteiger partial charge in [-0.05, 0) is 35.4 Å². The van der Waals surface area contributed by atoms with Crippen LogP contribution in [0.1, 0.15) is 25.1 Å².